The summed E-state index contributed by atoms with van der Waals surface area (Å²) < 4.78 is 10.9. The van der Waals surface area contributed by atoms with Crippen LogP contribution >= 0.6 is 0 Å². The maximum Gasteiger partial charge on any atom is 0.319 e. The summed E-state index contributed by atoms with van der Waals surface area (Å²) in [6, 6.07) is -0.268. The first-order chi connectivity index (χ1) is 7.77. The SMILES string of the molecule is C/C=C/COC1NC(=O)NC1OC/C=C/C. The van der Waals surface area contributed by atoms with Crippen molar-refractivity contribution < 1.29 is 14.3 Å². The molecular weight excluding hydrogens is 208 g/mol. The molecule has 16 heavy (non-hydrogen) atoms. The highest BCUT2D eigenvalue weighted by Crippen LogP contribution is 2.05. The Hall–Kier alpha value is -1.33. The molecule has 0 saturated carbocycles. The molecule has 2 amide bonds. The zero-order valence-electron chi connectivity index (χ0n) is 9.60. The Balaban J connectivity index is 2.36. The van der Waals surface area contributed by atoms with E-state index in [1.165, 1.54) is 0 Å². The van der Waals surface area contributed by atoms with E-state index < -0.39 is 12.5 Å². The molecule has 5 heteroatoms. The molecule has 0 aliphatic carbocycles. The molecular formula is C11H18N2O3. The van der Waals surface area contributed by atoms with Crippen molar-refractivity contribution in [2.75, 3.05) is 13.2 Å². The fourth-order valence-corrected chi connectivity index (χ4v) is 1.22. The second-order valence-electron chi connectivity index (χ2n) is 3.26. The summed E-state index contributed by atoms with van der Waals surface area (Å²) in [4.78, 5) is 11.1. The van der Waals surface area contributed by atoms with E-state index >= 15 is 0 Å². The first-order valence-electron chi connectivity index (χ1n) is 5.30. The van der Waals surface area contributed by atoms with Gasteiger partial charge in [-0.05, 0) is 13.8 Å². The molecule has 90 valence electrons. The van der Waals surface area contributed by atoms with E-state index in [2.05, 4.69) is 10.6 Å². The van der Waals surface area contributed by atoms with Crippen LogP contribution in [0.4, 0.5) is 4.79 Å². The molecule has 1 aliphatic rings. The topological polar surface area (TPSA) is 59.6 Å². The van der Waals surface area contributed by atoms with E-state index in [9.17, 15) is 4.79 Å². The zero-order chi connectivity index (χ0) is 11.8. The second-order valence-corrected chi connectivity index (χ2v) is 3.26. The quantitative estimate of drug-likeness (QED) is 0.668. The van der Waals surface area contributed by atoms with Crippen LogP contribution in [0.5, 0.6) is 0 Å². The van der Waals surface area contributed by atoms with E-state index in [0.29, 0.717) is 13.2 Å². The molecule has 0 spiro atoms. The van der Waals surface area contributed by atoms with Gasteiger partial charge >= 0.3 is 6.03 Å². The van der Waals surface area contributed by atoms with Crippen molar-refractivity contribution >= 4 is 6.03 Å². The van der Waals surface area contributed by atoms with Gasteiger partial charge in [-0.25, -0.2) is 4.79 Å². The lowest BCUT2D eigenvalue weighted by Crippen LogP contribution is -2.38. The summed E-state index contributed by atoms with van der Waals surface area (Å²) >= 11 is 0. The Morgan fingerprint density at radius 1 is 1.06 bits per heavy atom. The van der Waals surface area contributed by atoms with Crippen LogP contribution in [0.1, 0.15) is 13.8 Å². The smallest absolute Gasteiger partial charge is 0.319 e. The molecule has 1 saturated heterocycles. The van der Waals surface area contributed by atoms with Crippen LogP contribution in [0, 0.1) is 0 Å². The Morgan fingerprint density at radius 2 is 1.50 bits per heavy atom. The van der Waals surface area contributed by atoms with Gasteiger partial charge in [0.1, 0.15) is 0 Å². The molecule has 2 unspecified atom stereocenters. The predicted octanol–water partition coefficient (Wildman–Crippen LogP) is 1.14. The van der Waals surface area contributed by atoms with Gasteiger partial charge < -0.3 is 20.1 Å². The average molecular weight is 226 g/mol. The Kier molecular flexibility index (Phi) is 5.60. The van der Waals surface area contributed by atoms with Gasteiger partial charge in [0.05, 0.1) is 13.2 Å². The Bertz CT molecular complexity index is 250. The minimum Gasteiger partial charge on any atom is -0.350 e. The molecule has 0 aromatic heterocycles. The molecule has 0 aromatic carbocycles. The van der Waals surface area contributed by atoms with Crippen molar-refractivity contribution in [1.29, 1.82) is 0 Å². The van der Waals surface area contributed by atoms with Crippen LogP contribution < -0.4 is 10.6 Å². The number of allylic oxidation sites excluding steroid dienone is 2. The first kappa shape index (κ1) is 12.7. The summed E-state index contributed by atoms with van der Waals surface area (Å²) in [7, 11) is 0. The summed E-state index contributed by atoms with van der Waals surface area (Å²) in [5, 5.41) is 5.27. The van der Waals surface area contributed by atoms with Crippen LogP contribution in [0.25, 0.3) is 0 Å². The van der Waals surface area contributed by atoms with Crippen LogP contribution in [0.3, 0.4) is 0 Å². The van der Waals surface area contributed by atoms with Crippen molar-refractivity contribution in [2.45, 2.75) is 26.3 Å². The predicted molar refractivity (Wildman–Crippen MR) is 60.8 cm³/mol. The fraction of sp³-hybridized carbons (Fsp3) is 0.545. The van der Waals surface area contributed by atoms with Gasteiger partial charge in [0.2, 0.25) is 0 Å². The van der Waals surface area contributed by atoms with Gasteiger partial charge in [-0.3, -0.25) is 0 Å². The van der Waals surface area contributed by atoms with Gasteiger partial charge in [0, 0.05) is 0 Å². The number of carbonyl (C=O) groups is 1. The van der Waals surface area contributed by atoms with Gasteiger partial charge in [-0.2, -0.15) is 0 Å². The largest absolute Gasteiger partial charge is 0.350 e. The maximum atomic E-state index is 11.1. The molecule has 2 N–H and O–H groups in total. The fourth-order valence-electron chi connectivity index (χ4n) is 1.22. The van der Waals surface area contributed by atoms with E-state index in [1.54, 1.807) is 0 Å². The van der Waals surface area contributed by atoms with Gasteiger partial charge in [0.25, 0.3) is 0 Å². The van der Waals surface area contributed by atoms with Crippen molar-refractivity contribution in [3.63, 3.8) is 0 Å². The third-order valence-corrected chi connectivity index (χ3v) is 2.04. The summed E-state index contributed by atoms with van der Waals surface area (Å²) in [5.41, 5.74) is 0. The third-order valence-electron chi connectivity index (χ3n) is 2.04. The number of carbonyl (C=O) groups excluding carboxylic acids is 1. The highest BCUT2D eigenvalue weighted by Gasteiger charge is 2.32. The highest BCUT2D eigenvalue weighted by molar-refractivity contribution is 5.76. The molecule has 5 nitrogen and oxygen atoms in total. The molecule has 0 bridgehead atoms. The molecule has 0 aromatic rings. The first-order valence-corrected chi connectivity index (χ1v) is 5.30. The highest BCUT2D eigenvalue weighted by atomic mass is 16.6. The number of rotatable bonds is 6. The number of urea groups is 1. The average Bonchev–Trinajstić information content (AvgIpc) is 2.60. The lowest BCUT2D eigenvalue weighted by molar-refractivity contribution is -0.0571. The van der Waals surface area contributed by atoms with Gasteiger partial charge in [0.15, 0.2) is 12.5 Å². The summed E-state index contributed by atoms with van der Waals surface area (Å²) in [6.45, 7) is 4.73. The lowest BCUT2D eigenvalue weighted by atomic mass is 10.5. The molecule has 0 radical (unpaired) electrons. The summed E-state index contributed by atoms with van der Waals surface area (Å²) in [6.07, 6.45) is 6.64. The molecule has 1 heterocycles. The van der Waals surface area contributed by atoms with E-state index in [4.69, 9.17) is 9.47 Å². The number of amides is 2. The van der Waals surface area contributed by atoms with Crippen LogP contribution in [0.2, 0.25) is 0 Å². The molecule has 1 fully saturated rings. The molecule has 2 atom stereocenters. The zero-order valence-corrected chi connectivity index (χ0v) is 9.60. The van der Waals surface area contributed by atoms with Crippen molar-refractivity contribution in [3.05, 3.63) is 24.3 Å². The van der Waals surface area contributed by atoms with Gasteiger partial charge in [-0.1, -0.05) is 24.3 Å². The Labute approximate surface area is 95.5 Å². The summed E-state index contributed by atoms with van der Waals surface area (Å²) in [5.74, 6) is 0. The van der Waals surface area contributed by atoms with Crippen LogP contribution in [-0.4, -0.2) is 31.7 Å². The van der Waals surface area contributed by atoms with Crippen molar-refractivity contribution in [3.8, 4) is 0 Å². The van der Waals surface area contributed by atoms with E-state index in [1.807, 2.05) is 38.2 Å². The van der Waals surface area contributed by atoms with Crippen molar-refractivity contribution in [2.24, 2.45) is 0 Å². The van der Waals surface area contributed by atoms with E-state index in [0.717, 1.165) is 0 Å². The Morgan fingerprint density at radius 3 is 1.88 bits per heavy atom. The minimum absolute atomic E-state index is 0.268. The number of ether oxygens (including phenoxy) is 2. The standard InChI is InChI=1S/C11H18N2O3/c1-3-5-7-15-9-10(13-11(14)12-9)16-8-6-4-2/h3-6,9-10H,7-8H2,1-2H3,(H2,12,13,14)/b5-3+,6-4+. The number of nitrogens with one attached hydrogen (secondary N) is 2. The van der Waals surface area contributed by atoms with Crippen LogP contribution in [0.15, 0.2) is 24.3 Å². The second kappa shape index (κ2) is 7.03. The number of hydrogen-bond acceptors (Lipinski definition) is 3. The lowest BCUT2D eigenvalue weighted by Gasteiger charge is -2.17. The molecule has 1 rings (SSSR count). The third kappa shape index (κ3) is 4.04. The van der Waals surface area contributed by atoms with Crippen molar-refractivity contribution in [1.82, 2.24) is 10.6 Å². The maximum absolute atomic E-state index is 11.1. The molecule has 1 aliphatic heterocycles. The van der Waals surface area contributed by atoms with Gasteiger partial charge in [-0.15, -0.1) is 0 Å². The monoisotopic (exact) mass is 226 g/mol. The van der Waals surface area contributed by atoms with E-state index in [-0.39, 0.29) is 6.03 Å². The van der Waals surface area contributed by atoms with Crippen LogP contribution in [-0.2, 0) is 9.47 Å². The minimum atomic E-state index is -0.436. The normalized spacial score (nSPS) is 25.2. The number of hydrogen-bond donors (Lipinski definition) is 2.